The summed E-state index contributed by atoms with van der Waals surface area (Å²) < 4.78 is 3.04. The molecule has 0 bridgehead atoms. The first-order valence-corrected chi connectivity index (χ1v) is 10.0. The van der Waals surface area contributed by atoms with E-state index in [-0.39, 0.29) is 0 Å². The monoisotopic (exact) mass is 462 g/mol. The maximum atomic E-state index is 6.18. The van der Waals surface area contributed by atoms with Gasteiger partial charge in [0, 0.05) is 15.2 Å². The standard InChI is InChI=1S/C20H20BrClN4S/c1-12-17(22)5-4-6-18(12)23-20(27)24-19-13(2)25-26(14(19)3)11-15-7-9-16(21)10-8-15/h4-10H,11H2,1-3H3,(H2,23,24,27). The molecule has 0 aliphatic carbocycles. The predicted octanol–water partition coefficient (Wildman–Crippen LogP) is 6.08. The lowest BCUT2D eigenvalue weighted by Crippen LogP contribution is -2.20. The third-order valence-corrected chi connectivity index (χ3v) is 5.52. The van der Waals surface area contributed by atoms with Crippen molar-refractivity contribution in [2.75, 3.05) is 10.6 Å². The molecule has 0 spiro atoms. The molecule has 2 N–H and O–H groups in total. The second kappa shape index (κ2) is 8.42. The summed E-state index contributed by atoms with van der Waals surface area (Å²) in [6, 6.07) is 13.9. The lowest BCUT2D eigenvalue weighted by atomic mass is 10.2. The van der Waals surface area contributed by atoms with Gasteiger partial charge in [0.05, 0.1) is 23.6 Å². The smallest absolute Gasteiger partial charge is 0.175 e. The van der Waals surface area contributed by atoms with Crippen molar-refractivity contribution < 1.29 is 0 Å². The molecule has 1 aromatic heterocycles. The van der Waals surface area contributed by atoms with Crippen LogP contribution in [0.1, 0.15) is 22.5 Å². The summed E-state index contributed by atoms with van der Waals surface area (Å²) >= 11 is 15.1. The third kappa shape index (κ3) is 4.69. The largest absolute Gasteiger partial charge is 0.332 e. The first kappa shape index (κ1) is 19.9. The van der Waals surface area contributed by atoms with Crippen molar-refractivity contribution in [2.45, 2.75) is 27.3 Å². The van der Waals surface area contributed by atoms with Crippen LogP contribution in [0.25, 0.3) is 0 Å². The minimum atomic E-state index is 0.509. The fourth-order valence-electron chi connectivity index (χ4n) is 2.80. The van der Waals surface area contributed by atoms with Crippen LogP contribution < -0.4 is 10.6 Å². The van der Waals surface area contributed by atoms with Gasteiger partial charge in [-0.15, -0.1) is 0 Å². The Morgan fingerprint density at radius 2 is 1.81 bits per heavy atom. The maximum absolute atomic E-state index is 6.18. The SMILES string of the molecule is Cc1nn(Cc2ccc(Br)cc2)c(C)c1NC(=S)Nc1cccc(Cl)c1C. The average molecular weight is 464 g/mol. The number of aromatic nitrogens is 2. The molecule has 0 radical (unpaired) electrons. The molecule has 0 saturated heterocycles. The Kier molecular flexibility index (Phi) is 6.19. The van der Waals surface area contributed by atoms with Crippen LogP contribution in [0.3, 0.4) is 0 Å². The molecule has 0 saturated carbocycles. The van der Waals surface area contributed by atoms with Crippen LogP contribution >= 0.6 is 39.7 Å². The van der Waals surface area contributed by atoms with Gasteiger partial charge in [0.15, 0.2) is 5.11 Å². The Morgan fingerprint density at radius 3 is 2.52 bits per heavy atom. The zero-order chi connectivity index (χ0) is 19.6. The Balaban J connectivity index is 1.75. The van der Waals surface area contributed by atoms with Gasteiger partial charge in [-0.2, -0.15) is 5.10 Å². The summed E-state index contributed by atoms with van der Waals surface area (Å²) in [6.07, 6.45) is 0. The minimum absolute atomic E-state index is 0.509. The molecule has 3 rings (SSSR count). The molecule has 3 aromatic rings. The Morgan fingerprint density at radius 1 is 1.11 bits per heavy atom. The number of rotatable bonds is 4. The van der Waals surface area contributed by atoms with E-state index in [1.54, 1.807) is 0 Å². The van der Waals surface area contributed by atoms with E-state index in [4.69, 9.17) is 23.8 Å². The molecule has 2 aromatic carbocycles. The highest BCUT2D eigenvalue weighted by Crippen LogP contribution is 2.24. The molecule has 0 unspecified atom stereocenters. The zero-order valence-corrected chi connectivity index (χ0v) is 18.5. The van der Waals surface area contributed by atoms with E-state index in [2.05, 4.69) is 43.8 Å². The molecule has 140 valence electrons. The van der Waals surface area contributed by atoms with Gasteiger partial charge in [-0.05, 0) is 68.4 Å². The molecule has 0 aliphatic heterocycles. The Bertz CT molecular complexity index is 982. The topological polar surface area (TPSA) is 41.9 Å². The number of hydrogen-bond acceptors (Lipinski definition) is 2. The van der Waals surface area contributed by atoms with Crippen LogP contribution in [0.5, 0.6) is 0 Å². The second-order valence-electron chi connectivity index (χ2n) is 6.32. The number of benzene rings is 2. The van der Waals surface area contributed by atoms with Crippen molar-refractivity contribution in [2.24, 2.45) is 0 Å². The summed E-state index contributed by atoms with van der Waals surface area (Å²) in [5.41, 5.74) is 5.88. The molecule has 0 fully saturated rings. The molecule has 0 atom stereocenters. The normalized spacial score (nSPS) is 10.7. The van der Waals surface area contributed by atoms with Gasteiger partial charge < -0.3 is 10.6 Å². The van der Waals surface area contributed by atoms with Gasteiger partial charge in [0.25, 0.3) is 0 Å². The first-order chi connectivity index (χ1) is 12.8. The third-order valence-electron chi connectivity index (χ3n) is 4.38. The number of anilines is 2. The summed E-state index contributed by atoms with van der Waals surface area (Å²) in [7, 11) is 0. The van der Waals surface area contributed by atoms with E-state index >= 15 is 0 Å². The summed E-state index contributed by atoms with van der Waals surface area (Å²) in [6.45, 7) is 6.67. The van der Waals surface area contributed by atoms with E-state index in [1.807, 2.05) is 55.8 Å². The van der Waals surface area contributed by atoms with Gasteiger partial charge in [-0.25, -0.2) is 0 Å². The minimum Gasteiger partial charge on any atom is -0.332 e. The van der Waals surface area contributed by atoms with Crippen molar-refractivity contribution in [1.29, 1.82) is 0 Å². The average Bonchev–Trinajstić information content (AvgIpc) is 2.88. The van der Waals surface area contributed by atoms with Gasteiger partial charge in [0.1, 0.15) is 0 Å². The van der Waals surface area contributed by atoms with Crippen LogP contribution in [-0.4, -0.2) is 14.9 Å². The molecular formula is C20H20BrClN4S. The van der Waals surface area contributed by atoms with Gasteiger partial charge in [0.2, 0.25) is 0 Å². The van der Waals surface area contributed by atoms with Crippen LogP contribution in [-0.2, 0) is 6.54 Å². The molecule has 4 nitrogen and oxygen atoms in total. The van der Waals surface area contributed by atoms with E-state index in [1.165, 1.54) is 5.56 Å². The fourth-order valence-corrected chi connectivity index (χ4v) is 3.46. The summed E-state index contributed by atoms with van der Waals surface area (Å²) in [5.74, 6) is 0. The van der Waals surface area contributed by atoms with Gasteiger partial charge >= 0.3 is 0 Å². The number of hydrogen-bond donors (Lipinski definition) is 2. The highest BCUT2D eigenvalue weighted by molar-refractivity contribution is 9.10. The van der Waals surface area contributed by atoms with E-state index in [0.29, 0.717) is 16.7 Å². The molecule has 1 heterocycles. The van der Waals surface area contributed by atoms with Crippen LogP contribution in [0, 0.1) is 20.8 Å². The van der Waals surface area contributed by atoms with Crippen molar-refractivity contribution in [3.8, 4) is 0 Å². The molecule has 0 amide bonds. The van der Waals surface area contributed by atoms with Crippen LogP contribution in [0.15, 0.2) is 46.9 Å². The fraction of sp³-hybridized carbons (Fsp3) is 0.200. The molecule has 0 aliphatic rings. The number of nitrogens with one attached hydrogen (secondary N) is 2. The summed E-state index contributed by atoms with van der Waals surface area (Å²) in [5, 5.41) is 12.4. The predicted molar refractivity (Wildman–Crippen MR) is 121 cm³/mol. The van der Waals surface area contributed by atoms with Crippen LogP contribution in [0.2, 0.25) is 5.02 Å². The Labute approximate surface area is 178 Å². The Hall–Kier alpha value is -1.89. The number of nitrogens with zero attached hydrogens (tertiary/aromatic N) is 2. The highest BCUT2D eigenvalue weighted by Gasteiger charge is 2.14. The van der Waals surface area contributed by atoms with E-state index in [0.717, 1.165) is 32.8 Å². The lowest BCUT2D eigenvalue weighted by molar-refractivity contribution is 0.659. The van der Waals surface area contributed by atoms with E-state index in [9.17, 15) is 0 Å². The number of halogens is 2. The lowest BCUT2D eigenvalue weighted by Gasteiger charge is -2.13. The first-order valence-electron chi connectivity index (χ1n) is 8.46. The van der Waals surface area contributed by atoms with Crippen molar-refractivity contribution >= 4 is 56.2 Å². The number of aryl methyl sites for hydroxylation is 1. The van der Waals surface area contributed by atoms with E-state index < -0.39 is 0 Å². The highest BCUT2D eigenvalue weighted by atomic mass is 79.9. The van der Waals surface area contributed by atoms with Crippen molar-refractivity contribution in [3.05, 3.63) is 74.5 Å². The second-order valence-corrected chi connectivity index (χ2v) is 8.05. The quantitative estimate of drug-likeness (QED) is 0.460. The molecule has 27 heavy (non-hydrogen) atoms. The molecular weight excluding hydrogens is 444 g/mol. The van der Waals surface area contributed by atoms with Crippen molar-refractivity contribution in [3.63, 3.8) is 0 Å². The number of thiocarbonyl (C=S) groups is 1. The zero-order valence-electron chi connectivity index (χ0n) is 15.3. The molecule has 7 heteroatoms. The summed E-state index contributed by atoms with van der Waals surface area (Å²) in [4.78, 5) is 0. The maximum Gasteiger partial charge on any atom is 0.175 e. The van der Waals surface area contributed by atoms with Crippen molar-refractivity contribution in [1.82, 2.24) is 9.78 Å². The van der Waals surface area contributed by atoms with Gasteiger partial charge in [-0.3, -0.25) is 4.68 Å². The van der Waals surface area contributed by atoms with Gasteiger partial charge in [-0.1, -0.05) is 45.7 Å². The van der Waals surface area contributed by atoms with Crippen LogP contribution in [0.4, 0.5) is 11.4 Å².